The van der Waals surface area contributed by atoms with Crippen LogP contribution in [0.25, 0.3) is 0 Å². The Labute approximate surface area is 127 Å². The van der Waals surface area contributed by atoms with E-state index in [1.54, 1.807) is 53.0 Å². The van der Waals surface area contributed by atoms with E-state index in [1.165, 1.54) is 0 Å². The van der Waals surface area contributed by atoms with Crippen LogP contribution in [0.2, 0.25) is 0 Å². The highest BCUT2D eigenvalue weighted by molar-refractivity contribution is 9.10. The van der Waals surface area contributed by atoms with Gasteiger partial charge in [0.1, 0.15) is 5.75 Å². The van der Waals surface area contributed by atoms with Gasteiger partial charge in [-0.2, -0.15) is 0 Å². The van der Waals surface area contributed by atoms with Gasteiger partial charge in [-0.1, -0.05) is 6.07 Å². The summed E-state index contributed by atoms with van der Waals surface area (Å²) in [7, 11) is 1.57. The van der Waals surface area contributed by atoms with E-state index in [1.807, 2.05) is 0 Å². The van der Waals surface area contributed by atoms with E-state index in [-0.39, 0.29) is 0 Å². The first-order chi connectivity index (χ1) is 9.14. The van der Waals surface area contributed by atoms with Crippen molar-refractivity contribution in [2.45, 2.75) is 44.9 Å². The van der Waals surface area contributed by atoms with Gasteiger partial charge in [-0.05, 0) is 61.3 Å². The molecule has 0 atom stereocenters. The quantitative estimate of drug-likeness (QED) is 0.821. The van der Waals surface area contributed by atoms with Crippen LogP contribution in [-0.2, 0) is 0 Å². The molecule has 112 valence electrons. The second-order valence-electron chi connectivity index (χ2n) is 6.04. The summed E-state index contributed by atoms with van der Waals surface area (Å²) in [5, 5.41) is 26.9. The second-order valence-corrected chi connectivity index (χ2v) is 6.89. The van der Waals surface area contributed by atoms with Crippen LogP contribution in [0.1, 0.15) is 39.4 Å². The fraction of sp³-hybridized carbons (Fsp3) is 0.571. The fourth-order valence-electron chi connectivity index (χ4n) is 2.36. The molecule has 6 heteroatoms. The topological polar surface area (TPSA) is 61.8 Å². The van der Waals surface area contributed by atoms with Crippen molar-refractivity contribution in [2.75, 3.05) is 7.11 Å². The predicted octanol–water partition coefficient (Wildman–Crippen LogP) is 3.63. The van der Waals surface area contributed by atoms with Crippen LogP contribution in [0.3, 0.4) is 0 Å². The number of hydrogen-bond donors (Lipinski definition) is 0. The van der Waals surface area contributed by atoms with Crippen molar-refractivity contribution < 1.29 is 4.74 Å². The highest BCUT2D eigenvalue weighted by Gasteiger charge is 2.49. The third kappa shape index (κ3) is 2.07. The Morgan fingerprint density at radius 2 is 1.60 bits per heavy atom. The molecule has 5 nitrogen and oxygen atoms in total. The van der Waals surface area contributed by atoms with Crippen LogP contribution >= 0.6 is 15.9 Å². The lowest BCUT2D eigenvalue weighted by molar-refractivity contribution is 0.154. The molecule has 1 aliphatic rings. The Morgan fingerprint density at radius 3 is 2.00 bits per heavy atom. The van der Waals surface area contributed by atoms with Gasteiger partial charge in [0, 0.05) is 11.1 Å². The molecule has 0 aliphatic carbocycles. The molecule has 2 rings (SSSR count). The van der Waals surface area contributed by atoms with Crippen molar-refractivity contribution in [2.24, 2.45) is 0 Å². The van der Waals surface area contributed by atoms with E-state index in [0.29, 0.717) is 11.3 Å². The zero-order valence-electron chi connectivity index (χ0n) is 12.3. The van der Waals surface area contributed by atoms with E-state index >= 15 is 0 Å². The molecule has 0 N–H and O–H groups in total. The van der Waals surface area contributed by atoms with E-state index in [0.717, 1.165) is 14.6 Å². The third-order valence-electron chi connectivity index (χ3n) is 4.52. The molecule has 0 bridgehead atoms. The highest BCUT2D eigenvalue weighted by atomic mass is 79.9. The summed E-state index contributed by atoms with van der Waals surface area (Å²) >= 11 is 3.39. The molecule has 0 aromatic heterocycles. The molecule has 1 aromatic rings. The first-order valence-electron chi connectivity index (χ1n) is 6.41. The van der Waals surface area contributed by atoms with Gasteiger partial charge in [0.05, 0.1) is 17.7 Å². The molecule has 0 radical (unpaired) electrons. The summed E-state index contributed by atoms with van der Waals surface area (Å²) in [6.45, 7) is 7.18. The smallest absolute Gasteiger partial charge is 0.133 e. The molecular formula is C14H19BrN2O3-2. The largest absolute Gasteiger partial charge is 0.783 e. The van der Waals surface area contributed by atoms with Crippen molar-refractivity contribution in [3.63, 3.8) is 0 Å². The van der Waals surface area contributed by atoms with Gasteiger partial charge < -0.3 is 25.3 Å². The molecule has 0 amide bonds. The van der Waals surface area contributed by atoms with Gasteiger partial charge in [0.25, 0.3) is 0 Å². The van der Waals surface area contributed by atoms with Crippen molar-refractivity contribution in [1.82, 2.24) is 10.1 Å². The lowest BCUT2D eigenvalue weighted by Gasteiger charge is -2.46. The van der Waals surface area contributed by atoms with E-state index in [2.05, 4.69) is 15.9 Å². The zero-order chi connectivity index (χ0) is 15.3. The maximum Gasteiger partial charge on any atom is 0.133 e. The van der Waals surface area contributed by atoms with Crippen LogP contribution in [0, 0.1) is 10.4 Å². The van der Waals surface area contributed by atoms with Gasteiger partial charge in [-0.3, -0.25) is 0 Å². The maximum absolute atomic E-state index is 12.5. The van der Waals surface area contributed by atoms with E-state index in [4.69, 9.17) is 4.74 Å². The number of hydroxylamine groups is 4. The minimum atomic E-state index is -0.845. The standard InChI is InChI=1S/C14H19BrN2O3/c1-13(2)14(3,4)17(19)12(16(13)18)9-6-7-11(20-5)10(15)8-9/h6-8,12H,1-5H3/q-2. The SMILES string of the molecule is COc1ccc(C2N([O-])C(C)(C)C(C)(C)N2[O-])cc1Br. The normalized spacial score (nSPS) is 23.2. The number of methoxy groups -OCH3 is 1. The van der Waals surface area contributed by atoms with Gasteiger partial charge in [-0.15, -0.1) is 0 Å². The number of nitrogens with zero attached hydrogens (tertiary/aromatic N) is 2. The first-order valence-corrected chi connectivity index (χ1v) is 7.20. The number of ether oxygens (including phenoxy) is 1. The Bertz CT molecular complexity index is 499. The Morgan fingerprint density at radius 1 is 1.10 bits per heavy atom. The number of halogens is 1. The van der Waals surface area contributed by atoms with E-state index in [9.17, 15) is 10.4 Å². The van der Waals surface area contributed by atoms with Crippen molar-refractivity contribution >= 4 is 15.9 Å². The van der Waals surface area contributed by atoms with Crippen LogP contribution in [0.5, 0.6) is 5.75 Å². The molecule has 20 heavy (non-hydrogen) atoms. The van der Waals surface area contributed by atoms with Crippen molar-refractivity contribution in [3.8, 4) is 5.75 Å². The molecule has 1 saturated heterocycles. The first kappa shape index (κ1) is 15.7. The summed E-state index contributed by atoms with van der Waals surface area (Å²) in [5.74, 6) is 0.667. The van der Waals surface area contributed by atoms with Gasteiger partial charge >= 0.3 is 0 Å². The summed E-state index contributed by atoms with van der Waals surface area (Å²) in [5.41, 5.74) is -0.890. The van der Waals surface area contributed by atoms with Crippen LogP contribution in [0.15, 0.2) is 22.7 Å². The lowest BCUT2D eigenvalue weighted by atomic mass is 9.84. The Hall–Kier alpha value is -0.660. The monoisotopic (exact) mass is 342 g/mol. The minimum Gasteiger partial charge on any atom is -0.783 e. The second kappa shape index (κ2) is 4.96. The van der Waals surface area contributed by atoms with Gasteiger partial charge in [-0.25, -0.2) is 0 Å². The molecule has 1 heterocycles. The molecular weight excluding hydrogens is 324 g/mol. The summed E-state index contributed by atoms with van der Waals surface area (Å²) < 4.78 is 5.89. The van der Waals surface area contributed by atoms with Crippen LogP contribution < -0.4 is 4.74 Å². The highest BCUT2D eigenvalue weighted by Crippen LogP contribution is 2.49. The molecule has 1 fully saturated rings. The molecule has 0 saturated carbocycles. The Kier molecular flexibility index (Phi) is 3.90. The van der Waals surface area contributed by atoms with Gasteiger partial charge in [0.15, 0.2) is 0 Å². The number of benzene rings is 1. The average Bonchev–Trinajstić information content (AvgIpc) is 2.49. The summed E-state index contributed by atoms with van der Waals surface area (Å²) in [6, 6.07) is 5.26. The van der Waals surface area contributed by atoms with Gasteiger partial charge in [0.2, 0.25) is 0 Å². The maximum atomic E-state index is 12.5. The molecule has 0 spiro atoms. The summed E-state index contributed by atoms with van der Waals surface area (Å²) in [6.07, 6.45) is -0.845. The third-order valence-corrected chi connectivity index (χ3v) is 5.14. The lowest BCUT2D eigenvalue weighted by Crippen LogP contribution is -2.51. The van der Waals surface area contributed by atoms with Crippen LogP contribution in [-0.4, -0.2) is 28.3 Å². The minimum absolute atomic E-state index is 0.654. The predicted molar refractivity (Wildman–Crippen MR) is 82.0 cm³/mol. The molecule has 1 aromatic carbocycles. The van der Waals surface area contributed by atoms with Crippen LogP contribution in [0.4, 0.5) is 0 Å². The molecule has 1 aliphatic heterocycles. The molecule has 0 unspecified atom stereocenters. The zero-order valence-corrected chi connectivity index (χ0v) is 13.9. The van der Waals surface area contributed by atoms with Crippen molar-refractivity contribution in [3.05, 3.63) is 38.6 Å². The van der Waals surface area contributed by atoms with Crippen molar-refractivity contribution in [1.29, 1.82) is 0 Å². The number of hydrogen-bond acceptors (Lipinski definition) is 5. The number of rotatable bonds is 2. The Balaban J connectivity index is 2.46. The average molecular weight is 343 g/mol. The fourth-order valence-corrected chi connectivity index (χ4v) is 2.92. The van der Waals surface area contributed by atoms with E-state index < -0.39 is 17.2 Å². The summed E-state index contributed by atoms with van der Waals surface area (Å²) in [4.78, 5) is 0.